The molecule has 0 radical (unpaired) electrons. The van der Waals surface area contributed by atoms with E-state index >= 15 is 0 Å². The molecule has 3 aromatic rings. The summed E-state index contributed by atoms with van der Waals surface area (Å²) in [7, 11) is 1.55. The minimum atomic E-state index is -4.49. The van der Waals surface area contributed by atoms with E-state index in [-0.39, 0.29) is 5.65 Å². The molecule has 8 nitrogen and oxygen atoms in total. The van der Waals surface area contributed by atoms with Crippen molar-refractivity contribution in [2.45, 2.75) is 6.18 Å². The predicted octanol–water partition coefficient (Wildman–Crippen LogP) is 1.87. The maximum absolute atomic E-state index is 13.0. The lowest BCUT2D eigenvalue weighted by Gasteiger charge is -2.35. The van der Waals surface area contributed by atoms with Crippen molar-refractivity contribution >= 4 is 17.4 Å². The van der Waals surface area contributed by atoms with Gasteiger partial charge in [0.1, 0.15) is 0 Å². The summed E-state index contributed by atoms with van der Waals surface area (Å²) in [6.45, 7) is 2.36. The Labute approximate surface area is 152 Å². The van der Waals surface area contributed by atoms with Crippen LogP contribution in [0.1, 0.15) is 5.69 Å². The molecule has 1 aliphatic rings. The molecule has 1 aliphatic heterocycles. The molecule has 27 heavy (non-hydrogen) atoms. The van der Waals surface area contributed by atoms with E-state index in [9.17, 15) is 13.2 Å². The van der Waals surface area contributed by atoms with E-state index in [4.69, 9.17) is 4.74 Å². The van der Waals surface area contributed by atoms with Crippen LogP contribution in [0.25, 0.3) is 5.65 Å². The Hall–Kier alpha value is -3.11. The van der Waals surface area contributed by atoms with Gasteiger partial charge in [0.15, 0.2) is 22.9 Å². The van der Waals surface area contributed by atoms with E-state index in [1.165, 1.54) is 16.8 Å². The van der Waals surface area contributed by atoms with Crippen LogP contribution in [0, 0.1) is 0 Å². The summed E-state index contributed by atoms with van der Waals surface area (Å²) in [5.74, 6) is 1.60. The number of nitrogens with zero attached hydrogens (tertiary/aromatic N) is 7. The summed E-state index contributed by atoms with van der Waals surface area (Å²) >= 11 is 0. The molecule has 3 aromatic heterocycles. The van der Waals surface area contributed by atoms with Gasteiger partial charge in [-0.05, 0) is 0 Å². The number of piperazine rings is 1. The zero-order valence-electron chi connectivity index (χ0n) is 14.4. The van der Waals surface area contributed by atoms with Crippen molar-refractivity contribution in [3.63, 3.8) is 0 Å². The van der Waals surface area contributed by atoms with Crippen LogP contribution in [-0.2, 0) is 6.18 Å². The molecule has 0 N–H and O–H groups in total. The van der Waals surface area contributed by atoms with Crippen LogP contribution < -0.4 is 14.5 Å². The normalized spacial score (nSPS) is 15.4. The average Bonchev–Trinajstić information content (AvgIpc) is 3.13. The van der Waals surface area contributed by atoms with E-state index in [1.54, 1.807) is 19.5 Å². The van der Waals surface area contributed by atoms with E-state index in [0.29, 0.717) is 43.7 Å². The van der Waals surface area contributed by atoms with Crippen molar-refractivity contribution in [1.29, 1.82) is 0 Å². The zero-order valence-corrected chi connectivity index (χ0v) is 14.4. The first-order valence-electron chi connectivity index (χ1n) is 8.22. The van der Waals surface area contributed by atoms with Crippen molar-refractivity contribution in [2.24, 2.45) is 0 Å². The van der Waals surface area contributed by atoms with Gasteiger partial charge in [-0.3, -0.25) is 0 Å². The maximum Gasteiger partial charge on any atom is 0.434 e. The van der Waals surface area contributed by atoms with Crippen LogP contribution in [0.4, 0.5) is 24.9 Å². The minimum Gasteiger partial charge on any atom is -0.494 e. The maximum atomic E-state index is 13.0. The first-order valence-corrected chi connectivity index (χ1v) is 8.22. The Kier molecular flexibility index (Phi) is 4.21. The average molecular weight is 379 g/mol. The highest BCUT2D eigenvalue weighted by Gasteiger charge is 2.34. The largest absolute Gasteiger partial charge is 0.494 e. The Balaban J connectivity index is 1.53. The number of imidazole rings is 1. The molecule has 1 saturated heterocycles. The van der Waals surface area contributed by atoms with Gasteiger partial charge in [0.25, 0.3) is 0 Å². The van der Waals surface area contributed by atoms with E-state index in [0.717, 1.165) is 6.20 Å². The summed E-state index contributed by atoms with van der Waals surface area (Å²) in [5.41, 5.74) is -0.735. The highest BCUT2D eigenvalue weighted by atomic mass is 19.4. The van der Waals surface area contributed by atoms with Gasteiger partial charge < -0.3 is 18.9 Å². The van der Waals surface area contributed by atoms with Crippen LogP contribution in [0.3, 0.4) is 0 Å². The van der Waals surface area contributed by atoms with Gasteiger partial charge in [-0.2, -0.15) is 13.2 Å². The summed E-state index contributed by atoms with van der Waals surface area (Å²) in [5, 5.41) is 0. The Morgan fingerprint density at radius 3 is 2.30 bits per heavy atom. The van der Waals surface area contributed by atoms with Crippen molar-refractivity contribution in [3.8, 4) is 5.75 Å². The van der Waals surface area contributed by atoms with E-state index < -0.39 is 11.9 Å². The molecule has 0 atom stereocenters. The van der Waals surface area contributed by atoms with Gasteiger partial charge >= 0.3 is 6.18 Å². The monoisotopic (exact) mass is 379 g/mol. The topological polar surface area (TPSA) is 71.7 Å². The van der Waals surface area contributed by atoms with Crippen LogP contribution in [0.2, 0.25) is 0 Å². The number of anilines is 2. The number of halogens is 3. The fourth-order valence-electron chi connectivity index (χ4n) is 2.96. The number of rotatable bonds is 3. The molecule has 4 rings (SSSR count). The minimum absolute atomic E-state index is 0.193. The summed E-state index contributed by atoms with van der Waals surface area (Å²) in [6.07, 6.45) is 2.61. The molecule has 0 saturated carbocycles. The predicted molar refractivity (Wildman–Crippen MR) is 91.0 cm³/mol. The second kappa shape index (κ2) is 6.56. The molecule has 1 fully saturated rings. The molecular formula is C16H16F3N7O. The molecule has 11 heteroatoms. The number of fused-ring (bicyclic) bond motifs is 1. The summed E-state index contributed by atoms with van der Waals surface area (Å²) in [4.78, 5) is 20.4. The first-order chi connectivity index (χ1) is 13.0. The number of methoxy groups -OCH3 is 1. The van der Waals surface area contributed by atoms with Crippen LogP contribution in [0.5, 0.6) is 5.75 Å². The number of aromatic nitrogens is 5. The van der Waals surface area contributed by atoms with Crippen molar-refractivity contribution in [1.82, 2.24) is 24.3 Å². The molecule has 4 heterocycles. The number of hydrogen-bond donors (Lipinski definition) is 0. The highest BCUT2D eigenvalue weighted by molar-refractivity contribution is 5.65. The van der Waals surface area contributed by atoms with Gasteiger partial charge in [-0.25, -0.2) is 19.9 Å². The lowest BCUT2D eigenvalue weighted by atomic mass is 10.3. The molecule has 0 unspecified atom stereocenters. The molecular weight excluding hydrogens is 363 g/mol. The summed E-state index contributed by atoms with van der Waals surface area (Å²) in [6, 6.07) is 0. The Morgan fingerprint density at radius 1 is 1.00 bits per heavy atom. The number of hydrogen-bond acceptors (Lipinski definition) is 7. The lowest BCUT2D eigenvalue weighted by Crippen LogP contribution is -2.47. The molecule has 0 aromatic carbocycles. The third-order valence-corrected chi connectivity index (χ3v) is 4.36. The van der Waals surface area contributed by atoms with Gasteiger partial charge in [-0.15, -0.1) is 0 Å². The van der Waals surface area contributed by atoms with Crippen LogP contribution in [0.15, 0.2) is 31.0 Å². The third-order valence-electron chi connectivity index (χ3n) is 4.36. The zero-order chi connectivity index (χ0) is 19.0. The van der Waals surface area contributed by atoms with Crippen LogP contribution in [-0.4, -0.2) is 57.6 Å². The molecule has 0 aliphatic carbocycles. The Morgan fingerprint density at radius 2 is 1.67 bits per heavy atom. The molecule has 0 spiro atoms. The van der Waals surface area contributed by atoms with Gasteiger partial charge in [0.05, 0.1) is 19.5 Å². The first kappa shape index (κ1) is 17.3. The highest BCUT2D eigenvalue weighted by Crippen LogP contribution is 2.30. The second-order valence-corrected chi connectivity index (χ2v) is 6.00. The quantitative estimate of drug-likeness (QED) is 0.688. The van der Waals surface area contributed by atoms with Gasteiger partial charge in [0.2, 0.25) is 5.95 Å². The van der Waals surface area contributed by atoms with Crippen molar-refractivity contribution in [2.75, 3.05) is 43.1 Å². The molecule has 142 valence electrons. The van der Waals surface area contributed by atoms with Crippen molar-refractivity contribution < 1.29 is 17.9 Å². The van der Waals surface area contributed by atoms with Crippen LogP contribution >= 0.6 is 0 Å². The molecule has 0 bridgehead atoms. The Bertz CT molecular complexity index is 933. The fourth-order valence-corrected chi connectivity index (χ4v) is 2.96. The van der Waals surface area contributed by atoms with Gasteiger partial charge in [-0.1, -0.05) is 0 Å². The van der Waals surface area contributed by atoms with Crippen molar-refractivity contribution in [3.05, 3.63) is 36.7 Å². The lowest BCUT2D eigenvalue weighted by molar-refractivity contribution is -0.140. The standard InChI is InChI=1S/C16H16F3N7O/c1-27-11-8-21-15(22-9-11)25-6-4-24(5-7-25)13-14-23-12(16(17,18)19)10-26(14)3-2-20-13/h2-3,8-10H,4-7H2,1H3. The van der Waals surface area contributed by atoms with Gasteiger partial charge in [0, 0.05) is 44.8 Å². The SMILES string of the molecule is COc1cnc(N2CCN(c3nccn4cc(C(F)(F)F)nc34)CC2)nc1. The molecule has 0 amide bonds. The van der Waals surface area contributed by atoms with E-state index in [2.05, 4.69) is 19.9 Å². The number of alkyl halides is 3. The van der Waals surface area contributed by atoms with E-state index in [1.807, 2.05) is 9.80 Å². The second-order valence-electron chi connectivity index (χ2n) is 6.00. The summed E-state index contributed by atoms with van der Waals surface area (Å²) < 4.78 is 45.3. The smallest absolute Gasteiger partial charge is 0.434 e. The third kappa shape index (κ3) is 3.32. The number of ether oxygens (including phenoxy) is 1. The fraction of sp³-hybridized carbons (Fsp3) is 0.375.